The van der Waals surface area contributed by atoms with Crippen LogP contribution in [0.2, 0.25) is 0 Å². The number of nitrogens with zero attached hydrogens (tertiary/aromatic N) is 2. The topological polar surface area (TPSA) is 36.7 Å². The van der Waals surface area contributed by atoms with Crippen LogP contribution >= 0.6 is 11.6 Å². The van der Waals surface area contributed by atoms with Gasteiger partial charge in [0.25, 0.3) is 0 Å². The molecule has 0 atom stereocenters. The van der Waals surface area contributed by atoms with Crippen LogP contribution in [0.5, 0.6) is 0 Å². The van der Waals surface area contributed by atoms with Crippen molar-refractivity contribution in [2.75, 3.05) is 32.1 Å². The minimum absolute atomic E-state index is 0.0236. The molecular formula is C16H19ClN2O2. The molecule has 0 radical (unpaired) electrons. The van der Waals surface area contributed by atoms with Crippen molar-refractivity contribution in [3.8, 4) is 0 Å². The number of fused-ring (bicyclic) bond motifs is 1. The van der Waals surface area contributed by atoms with Gasteiger partial charge < -0.3 is 9.32 Å². The molecule has 112 valence electrons. The average molecular weight is 307 g/mol. The van der Waals surface area contributed by atoms with E-state index in [2.05, 4.69) is 30.0 Å². The molecule has 21 heavy (non-hydrogen) atoms. The zero-order valence-electron chi connectivity index (χ0n) is 12.1. The Morgan fingerprint density at radius 1 is 1.24 bits per heavy atom. The molecule has 0 unspecified atom stereocenters. The summed E-state index contributed by atoms with van der Waals surface area (Å²) in [5, 5.41) is 1.15. The predicted molar refractivity (Wildman–Crippen MR) is 83.5 cm³/mol. The maximum atomic E-state index is 11.5. The number of hydrogen-bond donors (Lipinski definition) is 0. The number of rotatable bonds is 3. The molecule has 1 saturated heterocycles. The monoisotopic (exact) mass is 306 g/mol. The number of carbonyl (C=O) groups excluding carboxylic acids is 1. The number of carbonyl (C=O) groups is 1. The molecular weight excluding hydrogens is 288 g/mol. The van der Waals surface area contributed by atoms with E-state index in [9.17, 15) is 4.79 Å². The second-order valence-corrected chi connectivity index (χ2v) is 5.81. The molecule has 2 heterocycles. The van der Waals surface area contributed by atoms with Gasteiger partial charge in [0.1, 0.15) is 17.2 Å². The SMILES string of the molecule is Cc1ccc2oc(CN3CCN(C(=O)CCl)CC3)cc2c1. The van der Waals surface area contributed by atoms with Crippen molar-refractivity contribution >= 4 is 28.5 Å². The van der Waals surface area contributed by atoms with Gasteiger partial charge in [-0.3, -0.25) is 9.69 Å². The van der Waals surface area contributed by atoms with Crippen LogP contribution in [0.25, 0.3) is 11.0 Å². The third-order valence-electron chi connectivity index (χ3n) is 3.94. The van der Waals surface area contributed by atoms with E-state index in [1.807, 2.05) is 11.0 Å². The summed E-state index contributed by atoms with van der Waals surface area (Å²) in [5.74, 6) is 1.08. The number of benzene rings is 1. The van der Waals surface area contributed by atoms with Gasteiger partial charge >= 0.3 is 0 Å². The van der Waals surface area contributed by atoms with Crippen molar-refractivity contribution in [2.24, 2.45) is 0 Å². The van der Waals surface area contributed by atoms with Crippen molar-refractivity contribution in [3.05, 3.63) is 35.6 Å². The molecule has 1 fully saturated rings. The summed E-state index contributed by atoms with van der Waals surface area (Å²) in [6, 6.07) is 8.33. The molecule has 0 bridgehead atoms. The summed E-state index contributed by atoms with van der Waals surface area (Å²) in [6.07, 6.45) is 0. The van der Waals surface area contributed by atoms with E-state index in [0.29, 0.717) is 0 Å². The molecule has 4 nitrogen and oxygen atoms in total. The van der Waals surface area contributed by atoms with Crippen LogP contribution in [0.1, 0.15) is 11.3 Å². The number of furan rings is 1. The van der Waals surface area contributed by atoms with Crippen molar-refractivity contribution in [2.45, 2.75) is 13.5 Å². The summed E-state index contributed by atoms with van der Waals surface area (Å²) in [4.78, 5) is 15.7. The van der Waals surface area contributed by atoms with E-state index in [1.54, 1.807) is 0 Å². The van der Waals surface area contributed by atoms with E-state index in [-0.39, 0.29) is 11.8 Å². The molecule has 0 N–H and O–H groups in total. The second-order valence-electron chi connectivity index (χ2n) is 5.54. The third kappa shape index (κ3) is 3.22. The highest BCUT2D eigenvalue weighted by Gasteiger charge is 2.21. The third-order valence-corrected chi connectivity index (χ3v) is 4.17. The van der Waals surface area contributed by atoms with E-state index in [4.69, 9.17) is 16.0 Å². The highest BCUT2D eigenvalue weighted by Crippen LogP contribution is 2.22. The Bertz CT molecular complexity index is 645. The van der Waals surface area contributed by atoms with Crippen LogP contribution in [0.15, 0.2) is 28.7 Å². The minimum Gasteiger partial charge on any atom is -0.460 e. The number of aryl methyl sites for hydroxylation is 1. The number of piperazine rings is 1. The van der Waals surface area contributed by atoms with Gasteiger partial charge in [0.05, 0.1) is 6.54 Å². The van der Waals surface area contributed by atoms with Crippen LogP contribution in [0, 0.1) is 6.92 Å². The van der Waals surface area contributed by atoms with Gasteiger partial charge in [-0.05, 0) is 25.1 Å². The fourth-order valence-corrected chi connectivity index (χ4v) is 2.92. The summed E-state index contributed by atoms with van der Waals surface area (Å²) >= 11 is 5.59. The molecule has 1 amide bonds. The first-order chi connectivity index (χ1) is 10.2. The molecule has 0 saturated carbocycles. The summed E-state index contributed by atoms with van der Waals surface area (Å²) in [7, 11) is 0. The highest BCUT2D eigenvalue weighted by molar-refractivity contribution is 6.27. The van der Waals surface area contributed by atoms with Gasteiger partial charge in [0, 0.05) is 31.6 Å². The van der Waals surface area contributed by atoms with Crippen LogP contribution in [-0.4, -0.2) is 47.8 Å². The minimum atomic E-state index is 0.0236. The number of halogens is 1. The summed E-state index contributed by atoms with van der Waals surface area (Å²) in [5.41, 5.74) is 2.18. The average Bonchev–Trinajstić information content (AvgIpc) is 2.88. The fourth-order valence-electron chi connectivity index (χ4n) is 2.76. The molecule has 0 aliphatic carbocycles. The zero-order valence-corrected chi connectivity index (χ0v) is 12.9. The van der Waals surface area contributed by atoms with Gasteiger partial charge in [-0.25, -0.2) is 0 Å². The number of hydrogen-bond acceptors (Lipinski definition) is 3. The Morgan fingerprint density at radius 3 is 2.71 bits per heavy atom. The maximum Gasteiger partial charge on any atom is 0.237 e. The lowest BCUT2D eigenvalue weighted by Crippen LogP contribution is -2.48. The lowest BCUT2D eigenvalue weighted by Gasteiger charge is -2.33. The Hall–Kier alpha value is -1.52. The van der Waals surface area contributed by atoms with Crippen LogP contribution in [-0.2, 0) is 11.3 Å². The Balaban J connectivity index is 1.63. The molecule has 1 aliphatic rings. The van der Waals surface area contributed by atoms with Gasteiger partial charge in [0.2, 0.25) is 5.91 Å². The predicted octanol–water partition coefficient (Wildman–Crippen LogP) is 2.62. The molecule has 0 spiro atoms. The van der Waals surface area contributed by atoms with Crippen molar-refractivity contribution in [1.82, 2.24) is 9.80 Å². The maximum absolute atomic E-state index is 11.5. The Morgan fingerprint density at radius 2 is 2.00 bits per heavy atom. The fraction of sp³-hybridized carbons (Fsp3) is 0.438. The lowest BCUT2D eigenvalue weighted by molar-refractivity contribution is -0.130. The Labute approximate surface area is 129 Å². The van der Waals surface area contributed by atoms with E-state index < -0.39 is 0 Å². The molecule has 1 aliphatic heterocycles. The van der Waals surface area contributed by atoms with Gasteiger partial charge in [-0.2, -0.15) is 0 Å². The molecule has 5 heteroatoms. The summed E-state index contributed by atoms with van der Waals surface area (Å²) < 4.78 is 5.88. The molecule has 1 aromatic carbocycles. The number of amides is 1. The van der Waals surface area contributed by atoms with E-state index in [1.165, 1.54) is 5.56 Å². The first-order valence-electron chi connectivity index (χ1n) is 7.21. The standard InChI is InChI=1S/C16H19ClN2O2/c1-12-2-3-15-13(8-12)9-14(21-15)11-18-4-6-19(7-5-18)16(20)10-17/h2-3,8-9H,4-7,10-11H2,1H3. The van der Waals surface area contributed by atoms with Gasteiger partial charge in [-0.1, -0.05) is 11.6 Å². The quantitative estimate of drug-likeness (QED) is 0.818. The first-order valence-corrected chi connectivity index (χ1v) is 7.74. The molecule has 2 aromatic rings. The van der Waals surface area contributed by atoms with Crippen LogP contribution in [0.3, 0.4) is 0 Å². The molecule has 1 aromatic heterocycles. The van der Waals surface area contributed by atoms with Crippen molar-refractivity contribution in [3.63, 3.8) is 0 Å². The van der Waals surface area contributed by atoms with Crippen molar-refractivity contribution < 1.29 is 9.21 Å². The summed E-state index contributed by atoms with van der Waals surface area (Å²) in [6.45, 7) is 6.07. The normalized spacial score (nSPS) is 16.6. The smallest absolute Gasteiger partial charge is 0.237 e. The molecule has 3 rings (SSSR count). The largest absolute Gasteiger partial charge is 0.460 e. The van der Waals surface area contributed by atoms with Crippen molar-refractivity contribution in [1.29, 1.82) is 0 Å². The Kier molecular flexibility index (Phi) is 4.17. The zero-order chi connectivity index (χ0) is 14.8. The number of alkyl halides is 1. The van der Waals surface area contributed by atoms with E-state index in [0.717, 1.165) is 49.5 Å². The van der Waals surface area contributed by atoms with E-state index >= 15 is 0 Å². The highest BCUT2D eigenvalue weighted by atomic mass is 35.5. The van der Waals surface area contributed by atoms with Gasteiger partial charge in [-0.15, -0.1) is 11.6 Å². The lowest BCUT2D eigenvalue weighted by atomic mass is 10.2. The van der Waals surface area contributed by atoms with Crippen LogP contribution < -0.4 is 0 Å². The first kappa shape index (κ1) is 14.4. The van der Waals surface area contributed by atoms with Gasteiger partial charge in [0.15, 0.2) is 0 Å². The second kappa shape index (κ2) is 6.08. The van der Waals surface area contributed by atoms with Crippen LogP contribution in [0.4, 0.5) is 0 Å².